The first kappa shape index (κ1) is 18.6. The Balaban J connectivity index is 1.94. The van der Waals surface area contributed by atoms with Crippen LogP contribution in [0.2, 0.25) is 5.02 Å². The molecule has 0 saturated heterocycles. The molecule has 0 spiro atoms. The molecule has 0 aliphatic rings. The number of benzene rings is 2. The molecule has 25 heavy (non-hydrogen) atoms. The molecule has 0 bridgehead atoms. The number of primary amides is 1. The predicted octanol–water partition coefficient (Wildman–Crippen LogP) is 2.36. The lowest BCUT2D eigenvalue weighted by Gasteiger charge is -2.19. The zero-order valence-electron chi connectivity index (χ0n) is 13.8. The van der Waals surface area contributed by atoms with E-state index in [1.54, 1.807) is 55.6 Å². The number of hydrogen-bond donors (Lipinski definition) is 1. The van der Waals surface area contributed by atoms with Crippen molar-refractivity contribution in [3.8, 4) is 11.5 Å². The topological polar surface area (TPSA) is 81.9 Å². The molecule has 0 saturated carbocycles. The Labute approximate surface area is 151 Å². The van der Waals surface area contributed by atoms with Crippen LogP contribution >= 0.6 is 11.6 Å². The van der Waals surface area contributed by atoms with Gasteiger partial charge in [-0.3, -0.25) is 9.59 Å². The second kappa shape index (κ2) is 8.94. The number of nitrogens with zero attached hydrogens (tertiary/aromatic N) is 1. The van der Waals surface area contributed by atoms with E-state index >= 15 is 0 Å². The Morgan fingerprint density at radius 3 is 2.60 bits per heavy atom. The third-order valence-electron chi connectivity index (χ3n) is 3.33. The van der Waals surface area contributed by atoms with Gasteiger partial charge >= 0.3 is 0 Å². The molecule has 2 aromatic rings. The van der Waals surface area contributed by atoms with E-state index < -0.39 is 5.91 Å². The molecule has 0 aliphatic heterocycles. The molecular formula is C18H19ClN2O4. The molecule has 0 atom stereocenters. The fraction of sp³-hybridized carbons (Fsp3) is 0.222. The predicted molar refractivity (Wildman–Crippen MR) is 95.0 cm³/mol. The van der Waals surface area contributed by atoms with Crippen molar-refractivity contribution in [2.45, 2.75) is 0 Å². The van der Waals surface area contributed by atoms with Crippen LogP contribution in [-0.4, -0.2) is 43.5 Å². The first-order valence-electron chi connectivity index (χ1n) is 7.61. The van der Waals surface area contributed by atoms with Gasteiger partial charge in [-0.25, -0.2) is 0 Å². The monoisotopic (exact) mass is 362 g/mol. The SMILES string of the molecule is CN(CCOc1cccc(Cl)c1)C(=O)c1ccccc1OCC(N)=O. The van der Waals surface area contributed by atoms with Crippen LogP contribution in [0.15, 0.2) is 48.5 Å². The number of likely N-dealkylation sites (N-methyl/N-ethyl adjacent to an activating group) is 1. The minimum absolute atomic E-state index is 0.241. The summed E-state index contributed by atoms with van der Waals surface area (Å²) in [7, 11) is 1.66. The summed E-state index contributed by atoms with van der Waals surface area (Å²) in [5.41, 5.74) is 5.43. The fourth-order valence-corrected chi connectivity index (χ4v) is 2.26. The van der Waals surface area contributed by atoms with Crippen LogP contribution < -0.4 is 15.2 Å². The minimum Gasteiger partial charge on any atom is -0.492 e. The normalized spacial score (nSPS) is 10.2. The quantitative estimate of drug-likeness (QED) is 0.781. The Morgan fingerprint density at radius 2 is 1.88 bits per heavy atom. The van der Waals surface area contributed by atoms with Gasteiger partial charge in [0.15, 0.2) is 6.61 Å². The van der Waals surface area contributed by atoms with E-state index in [4.69, 9.17) is 26.8 Å². The van der Waals surface area contributed by atoms with Crippen molar-refractivity contribution in [1.29, 1.82) is 0 Å². The van der Waals surface area contributed by atoms with Gasteiger partial charge in [0, 0.05) is 12.1 Å². The van der Waals surface area contributed by atoms with Crippen LogP contribution in [0.4, 0.5) is 0 Å². The third-order valence-corrected chi connectivity index (χ3v) is 3.56. The molecule has 6 nitrogen and oxygen atoms in total. The van der Waals surface area contributed by atoms with E-state index in [1.807, 2.05) is 0 Å². The number of rotatable bonds is 8. The van der Waals surface area contributed by atoms with Gasteiger partial charge in [-0.15, -0.1) is 0 Å². The van der Waals surface area contributed by atoms with E-state index in [0.717, 1.165) is 0 Å². The molecule has 0 aromatic heterocycles. The number of para-hydroxylation sites is 1. The minimum atomic E-state index is -0.606. The maximum Gasteiger partial charge on any atom is 0.257 e. The zero-order valence-corrected chi connectivity index (χ0v) is 14.5. The van der Waals surface area contributed by atoms with Crippen LogP contribution in [-0.2, 0) is 4.79 Å². The molecule has 2 rings (SSSR count). The largest absolute Gasteiger partial charge is 0.492 e. The van der Waals surface area contributed by atoms with Gasteiger partial charge in [0.2, 0.25) is 0 Å². The number of halogens is 1. The molecule has 0 heterocycles. The number of carbonyl (C=O) groups excluding carboxylic acids is 2. The summed E-state index contributed by atoms with van der Waals surface area (Å²) < 4.78 is 10.9. The smallest absolute Gasteiger partial charge is 0.257 e. The van der Waals surface area contributed by atoms with Gasteiger partial charge in [0.1, 0.15) is 18.1 Å². The molecule has 0 radical (unpaired) electrons. The van der Waals surface area contributed by atoms with Crippen molar-refractivity contribution < 1.29 is 19.1 Å². The average Bonchev–Trinajstić information content (AvgIpc) is 2.59. The molecular weight excluding hydrogens is 344 g/mol. The first-order valence-corrected chi connectivity index (χ1v) is 7.99. The highest BCUT2D eigenvalue weighted by Crippen LogP contribution is 2.20. The molecule has 2 N–H and O–H groups in total. The fourth-order valence-electron chi connectivity index (χ4n) is 2.08. The van der Waals surface area contributed by atoms with Crippen LogP contribution in [0.5, 0.6) is 11.5 Å². The van der Waals surface area contributed by atoms with Crippen LogP contribution in [0, 0.1) is 0 Å². The maximum atomic E-state index is 12.6. The number of hydrogen-bond acceptors (Lipinski definition) is 4. The van der Waals surface area contributed by atoms with Crippen LogP contribution in [0.25, 0.3) is 0 Å². The van der Waals surface area contributed by atoms with E-state index in [2.05, 4.69) is 0 Å². The summed E-state index contributed by atoms with van der Waals surface area (Å²) in [6, 6.07) is 13.7. The van der Waals surface area contributed by atoms with Crippen LogP contribution in [0.1, 0.15) is 10.4 Å². The van der Waals surface area contributed by atoms with Gasteiger partial charge in [-0.2, -0.15) is 0 Å². The highest BCUT2D eigenvalue weighted by molar-refractivity contribution is 6.30. The summed E-state index contributed by atoms with van der Waals surface area (Å²) in [6.07, 6.45) is 0. The summed E-state index contributed by atoms with van der Waals surface area (Å²) >= 11 is 5.89. The Hall–Kier alpha value is -2.73. The van der Waals surface area contributed by atoms with E-state index in [1.165, 1.54) is 4.90 Å². The highest BCUT2D eigenvalue weighted by atomic mass is 35.5. The summed E-state index contributed by atoms with van der Waals surface area (Å²) in [4.78, 5) is 24.9. The first-order chi connectivity index (χ1) is 12.0. The second-order valence-electron chi connectivity index (χ2n) is 5.28. The van der Waals surface area contributed by atoms with E-state index in [-0.39, 0.29) is 12.5 Å². The van der Waals surface area contributed by atoms with Gasteiger partial charge in [0.25, 0.3) is 11.8 Å². The van der Waals surface area contributed by atoms with E-state index in [9.17, 15) is 9.59 Å². The van der Waals surface area contributed by atoms with Gasteiger partial charge in [0.05, 0.1) is 12.1 Å². The number of nitrogens with two attached hydrogens (primary N) is 1. The van der Waals surface area contributed by atoms with Crippen molar-refractivity contribution in [1.82, 2.24) is 4.90 Å². The van der Waals surface area contributed by atoms with Crippen molar-refractivity contribution >= 4 is 23.4 Å². The molecule has 0 fully saturated rings. The van der Waals surface area contributed by atoms with Crippen molar-refractivity contribution in [2.24, 2.45) is 5.73 Å². The molecule has 0 aliphatic carbocycles. The van der Waals surface area contributed by atoms with Crippen molar-refractivity contribution in [2.75, 3.05) is 26.8 Å². The van der Waals surface area contributed by atoms with Gasteiger partial charge in [-0.1, -0.05) is 29.8 Å². The molecule has 0 unspecified atom stereocenters. The number of amides is 2. The summed E-state index contributed by atoms with van der Waals surface area (Å²) in [5, 5.41) is 0.586. The second-order valence-corrected chi connectivity index (χ2v) is 5.72. The third kappa shape index (κ3) is 5.69. The van der Waals surface area contributed by atoms with E-state index in [0.29, 0.717) is 35.2 Å². The lowest BCUT2D eigenvalue weighted by atomic mass is 10.2. The highest BCUT2D eigenvalue weighted by Gasteiger charge is 2.17. The lowest BCUT2D eigenvalue weighted by Crippen LogP contribution is -2.31. The summed E-state index contributed by atoms with van der Waals surface area (Å²) in [5.74, 6) is 0.104. The van der Waals surface area contributed by atoms with Gasteiger partial charge < -0.3 is 20.1 Å². The molecule has 132 valence electrons. The van der Waals surface area contributed by atoms with Crippen molar-refractivity contribution in [3.05, 3.63) is 59.1 Å². The Kier molecular flexibility index (Phi) is 6.65. The average molecular weight is 363 g/mol. The Morgan fingerprint density at radius 1 is 1.12 bits per heavy atom. The lowest BCUT2D eigenvalue weighted by molar-refractivity contribution is -0.119. The standard InChI is InChI=1S/C18H19ClN2O4/c1-21(9-10-24-14-6-4-5-13(19)11-14)18(23)15-7-2-3-8-16(15)25-12-17(20)22/h2-8,11H,9-10,12H2,1H3,(H2,20,22). The van der Waals surface area contributed by atoms with Gasteiger partial charge in [-0.05, 0) is 30.3 Å². The molecule has 2 aromatic carbocycles. The Bertz CT molecular complexity index is 751. The number of carbonyl (C=O) groups is 2. The van der Waals surface area contributed by atoms with Crippen molar-refractivity contribution in [3.63, 3.8) is 0 Å². The maximum absolute atomic E-state index is 12.6. The molecule has 2 amide bonds. The van der Waals surface area contributed by atoms with Crippen LogP contribution in [0.3, 0.4) is 0 Å². The molecule has 7 heteroatoms. The zero-order chi connectivity index (χ0) is 18.2. The number of ether oxygens (including phenoxy) is 2. The summed E-state index contributed by atoms with van der Waals surface area (Å²) in [6.45, 7) is 0.397.